The molecule has 1 aliphatic heterocycles. The Hall–Kier alpha value is -0.860. The van der Waals surface area contributed by atoms with Crippen LogP contribution in [0.15, 0.2) is 30.3 Å². The average molecular weight is 288 g/mol. The van der Waals surface area contributed by atoms with Gasteiger partial charge >= 0.3 is 0 Å². The smallest absolute Gasteiger partial charge is 0.0120 e. The quantitative estimate of drug-likeness (QED) is 0.858. The van der Waals surface area contributed by atoms with Gasteiger partial charge in [0.25, 0.3) is 0 Å². The second-order valence-corrected chi connectivity index (χ2v) is 6.73. The molecule has 0 saturated carbocycles. The maximum absolute atomic E-state index is 3.73. The fourth-order valence-electron chi connectivity index (χ4n) is 3.70. The van der Waals surface area contributed by atoms with Crippen LogP contribution in [0.4, 0.5) is 0 Å². The molecule has 4 atom stereocenters. The lowest BCUT2D eigenvalue weighted by Gasteiger charge is -2.46. The molecule has 2 heteroatoms. The molecule has 0 aliphatic carbocycles. The summed E-state index contributed by atoms with van der Waals surface area (Å²) in [6, 6.07) is 12.9. The summed E-state index contributed by atoms with van der Waals surface area (Å²) < 4.78 is 0. The molecule has 21 heavy (non-hydrogen) atoms. The van der Waals surface area contributed by atoms with Crippen LogP contribution in [0.25, 0.3) is 0 Å². The van der Waals surface area contributed by atoms with Crippen LogP contribution >= 0.6 is 0 Å². The second-order valence-electron chi connectivity index (χ2n) is 6.73. The Labute approximate surface area is 130 Å². The van der Waals surface area contributed by atoms with E-state index in [1.54, 1.807) is 0 Å². The molecule has 1 fully saturated rings. The minimum Gasteiger partial charge on any atom is -0.314 e. The fourth-order valence-corrected chi connectivity index (χ4v) is 3.70. The molecule has 0 aromatic heterocycles. The zero-order valence-electron chi connectivity index (χ0n) is 14.2. The summed E-state index contributed by atoms with van der Waals surface area (Å²) in [5.74, 6) is 0.725. The molecule has 2 rings (SSSR count). The van der Waals surface area contributed by atoms with E-state index >= 15 is 0 Å². The standard InChI is InChI=1S/C19H32N2/c1-5-12-20-19-11-13-21(17(4)16(19)3)15(2)14-18-9-7-6-8-10-18/h6-10,15-17,19-20H,5,11-14H2,1-4H3. The molecule has 0 spiro atoms. The molecule has 4 unspecified atom stereocenters. The Balaban J connectivity index is 1.92. The molecular formula is C19H32N2. The fraction of sp³-hybridized carbons (Fsp3) is 0.684. The third kappa shape index (κ3) is 4.31. The molecule has 0 bridgehead atoms. The van der Waals surface area contributed by atoms with Crippen LogP contribution in [0.5, 0.6) is 0 Å². The number of piperidine rings is 1. The number of nitrogens with zero attached hydrogens (tertiary/aromatic N) is 1. The van der Waals surface area contributed by atoms with Crippen molar-refractivity contribution >= 4 is 0 Å². The third-order valence-corrected chi connectivity index (χ3v) is 5.21. The van der Waals surface area contributed by atoms with Gasteiger partial charge in [0.05, 0.1) is 0 Å². The van der Waals surface area contributed by atoms with Gasteiger partial charge in [-0.1, -0.05) is 44.2 Å². The predicted molar refractivity (Wildman–Crippen MR) is 91.6 cm³/mol. The summed E-state index contributed by atoms with van der Waals surface area (Å²) >= 11 is 0. The molecule has 2 nitrogen and oxygen atoms in total. The molecule has 0 radical (unpaired) electrons. The molecule has 1 aromatic carbocycles. The zero-order chi connectivity index (χ0) is 15.2. The summed E-state index contributed by atoms with van der Waals surface area (Å²) in [6.07, 6.45) is 3.67. The minimum absolute atomic E-state index is 0.622. The second kappa shape index (κ2) is 7.95. The van der Waals surface area contributed by atoms with Gasteiger partial charge in [-0.25, -0.2) is 0 Å². The van der Waals surface area contributed by atoms with E-state index in [-0.39, 0.29) is 0 Å². The molecule has 118 valence electrons. The summed E-state index contributed by atoms with van der Waals surface area (Å²) in [5.41, 5.74) is 1.45. The number of rotatable bonds is 6. The van der Waals surface area contributed by atoms with Gasteiger partial charge in [-0.2, -0.15) is 0 Å². The van der Waals surface area contributed by atoms with Gasteiger partial charge in [0, 0.05) is 24.7 Å². The summed E-state index contributed by atoms with van der Waals surface area (Å²) in [4.78, 5) is 2.71. The van der Waals surface area contributed by atoms with Crippen molar-refractivity contribution < 1.29 is 0 Å². The average Bonchev–Trinajstić information content (AvgIpc) is 2.49. The molecule has 1 N–H and O–H groups in total. The zero-order valence-corrected chi connectivity index (χ0v) is 14.2. The number of hydrogen-bond acceptors (Lipinski definition) is 2. The van der Waals surface area contributed by atoms with Crippen molar-refractivity contribution in [2.75, 3.05) is 13.1 Å². The highest BCUT2D eigenvalue weighted by molar-refractivity contribution is 5.16. The Morgan fingerprint density at radius 1 is 1.24 bits per heavy atom. The van der Waals surface area contributed by atoms with Gasteiger partial charge in [0.2, 0.25) is 0 Å². The van der Waals surface area contributed by atoms with Crippen LogP contribution < -0.4 is 5.32 Å². The van der Waals surface area contributed by atoms with Gasteiger partial charge in [-0.3, -0.25) is 4.90 Å². The number of likely N-dealkylation sites (tertiary alicyclic amines) is 1. The van der Waals surface area contributed by atoms with Gasteiger partial charge in [0.15, 0.2) is 0 Å². The Morgan fingerprint density at radius 2 is 1.95 bits per heavy atom. The van der Waals surface area contributed by atoms with Crippen LogP contribution in [-0.2, 0) is 6.42 Å². The maximum Gasteiger partial charge on any atom is 0.0120 e. The Bertz CT molecular complexity index is 403. The molecule has 1 heterocycles. The first-order chi connectivity index (χ1) is 10.1. The van der Waals surface area contributed by atoms with Crippen molar-refractivity contribution in [1.82, 2.24) is 10.2 Å². The Morgan fingerprint density at radius 3 is 2.62 bits per heavy atom. The van der Waals surface area contributed by atoms with Crippen LogP contribution in [-0.4, -0.2) is 36.1 Å². The predicted octanol–water partition coefficient (Wildman–Crippen LogP) is 3.72. The Kier molecular flexibility index (Phi) is 6.25. The topological polar surface area (TPSA) is 15.3 Å². The van der Waals surface area contributed by atoms with Crippen LogP contribution in [0.2, 0.25) is 0 Å². The van der Waals surface area contributed by atoms with Crippen LogP contribution in [0.3, 0.4) is 0 Å². The van der Waals surface area contributed by atoms with E-state index in [0.717, 1.165) is 18.9 Å². The highest BCUT2D eigenvalue weighted by Crippen LogP contribution is 2.26. The lowest BCUT2D eigenvalue weighted by molar-refractivity contribution is 0.0530. The van der Waals surface area contributed by atoms with Crippen molar-refractivity contribution in [3.8, 4) is 0 Å². The highest BCUT2D eigenvalue weighted by atomic mass is 15.2. The molecule has 1 saturated heterocycles. The minimum atomic E-state index is 0.622. The number of nitrogens with one attached hydrogen (secondary N) is 1. The molecular weight excluding hydrogens is 256 g/mol. The van der Waals surface area contributed by atoms with E-state index in [0.29, 0.717) is 18.1 Å². The normalized spacial score (nSPS) is 28.5. The van der Waals surface area contributed by atoms with Crippen molar-refractivity contribution in [1.29, 1.82) is 0 Å². The number of benzene rings is 1. The lowest BCUT2D eigenvalue weighted by Crippen LogP contribution is -2.56. The van der Waals surface area contributed by atoms with Crippen molar-refractivity contribution in [3.63, 3.8) is 0 Å². The van der Waals surface area contributed by atoms with Gasteiger partial charge in [-0.05, 0) is 51.1 Å². The first-order valence-electron chi connectivity index (χ1n) is 8.66. The van der Waals surface area contributed by atoms with Gasteiger partial charge in [-0.15, -0.1) is 0 Å². The van der Waals surface area contributed by atoms with E-state index in [1.165, 1.54) is 24.9 Å². The van der Waals surface area contributed by atoms with E-state index in [4.69, 9.17) is 0 Å². The summed E-state index contributed by atoms with van der Waals surface area (Å²) in [6.45, 7) is 11.8. The third-order valence-electron chi connectivity index (χ3n) is 5.21. The molecule has 0 amide bonds. The largest absolute Gasteiger partial charge is 0.314 e. The van der Waals surface area contributed by atoms with E-state index in [1.807, 2.05) is 0 Å². The molecule has 1 aromatic rings. The lowest BCUT2D eigenvalue weighted by atomic mass is 9.85. The first kappa shape index (κ1) is 16.5. The van der Waals surface area contributed by atoms with Gasteiger partial charge < -0.3 is 5.32 Å². The van der Waals surface area contributed by atoms with Crippen LogP contribution in [0, 0.1) is 5.92 Å². The summed E-state index contributed by atoms with van der Waals surface area (Å²) in [7, 11) is 0. The van der Waals surface area contributed by atoms with Crippen molar-refractivity contribution in [2.45, 2.75) is 65.1 Å². The highest BCUT2D eigenvalue weighted by Gasteiger charge is 2.34. The van der Waals surface area contributed by atoms with Crippen LogP contribution in [0.1, 0.15) is 46.1 Å². The molecule has 1 aliphatic rings. The first-order valence-corrected chi connectivity index (χ1v) is 8.66. The number of hydrogen-bond donors (Lipinski definition) is 1. The van der Waals surface area contributed by atoms with Gasteiger partial charge in [0.1, 0.15) is 0 Å². The van der Waals surface area contributed by atoms with E-state index in [2.05, 4.69) is 68.2 Å². The SMILES string of the molecule is CCCNC1CCN(C(C)Cc2ccccc2)C(C)C1C. The van der Waals surface area contributed by atoms with Crippen molar-refractivity contribution in [2.24, 2.45) is 5.92 Å². The maximum atomic E-state index is 3.73. The summed E-state index contributed by atoms with van der Waals surface area (Å²) in [5, 5.41) is 3.73. The van der Waals surface area contributed by atoms with E-state index in [9.17, 15) is 0 Å². The van der Waals surface area contributed by atoms with Crippen molar-refractivity contribution in [3.05, 3.63) is 35.9 Å². The monoisotopic (exact) mass is 288 g/mol. The van der Waals surface area contributed by atoms with E-state index < -0.39 is 0 Å².